The topological polar surface area (TPSA) is 41.8 Å². The van der Waals surface area contributed by atoms with Gasteiger partial charge in [-0.2, -0.15) is 0 Å². The molecule has 0 bridgehead atoms. The van der Waals surface area contributed by atoms with Crippen molar-refractivity contribution in [2.45, 2.75) is 20.8 Å². The molecule has 0 radical (unpaired) electrons. The normalized spacial score (nSPS) is 10.9. The molecule has 0 aliphatic rings. The third kappa shape index (κ3) is 1.87. The van der Waals surface area contributed by atoms with Crippen LogP contribution in [0.25, 0.3) is 0 Å². The van der Waals surface area contributed by atoms with Gasteiger partial charge in [-0.25, -0.2) is 0 Å². The zero-order valence-corrected chi connectivity index (χ0v) is 8.96. The molecule has 3 heteroatoms. The lowest BCUT2D eigenvalue weighted by molar-refractivity contribution is 0.215. The van der Waals surface area contributed by atoms with Crippen LogP contribution in [0.1, 0.15) is 22.3 Å². The van der Waals surface area contributed by atoms with Crippen molar-refractivity contribution in [3.05, 3.63) is 28.3 Å². The van der Waals surface area contributed by atoms with Gasteiger partial charge in [0.2, 0.25) is 0 Å². The minimum Gasteiger partial charge on any atom is -0.507 e. The van der Waals surface area contributed by atoms with E-state index in [1.54, 1.807) is 0 Å². The predicted molar refractivity (Wildman–Crippen MR) is 56.9 cm³/mol. The number of phenolic OH excluding ortho intramolecular Hbond substituents is 1. The Labute approximate surface area is 84.0 Å². The van der Waals surface area contributed by atoms with Gasteiger partial charge in [-0.1, -0.05) is 11.2 Å². The van der Waals surface area contributed by atoms with Gasteiger partial charge in [0.15, 0.2) is 0 Å². The van der Waals surface area contributed by atoms with Crippen molar-refractivity contribution in [1.29, 1.82) is 0 Å². The van der Waals surface area contributed by atoms with Crippen LogP contribution in [0.15, 0.2) is 11.2 Å². The number of hydrogen-bond donors (Lipinski definition) is 1. The standard InChI is InChI=1S/C11H15NO2/c1-7-5-8(2)10(6-12-14-4)11(13)9(7)3/h5-6,13H,1-4H3. The number of oxime groups is 1. The summed E-state index contributed by atoms with van der Waals surface area (Å²) >= 11 is 0. The van der Waals surface area contributed by atoms with Crippen molar-refractivity contribution in [1.82, 2.24) is 0 Å². The highest BCUT2D eigenvalue weighted by Crippen LogP contribution is 2.26. The third-order valence-corrected chi connectivity index (χ3v) is 2.35. The smallest absolute Gasteiger partial charge is 0.127 e. The van der Waals surface area contributed by atoms with E-state index in [2.05, 4.69) is 9.99 Å². The van der Waals surface area contributed by atoms with E-state index in [0.29, 0.717) is 0 Å². The van der Waals surface area contributed by atoms with Gasteiger partial charge in [0.1, 0.15) is 12.9 Å². The van der Waals surface area contributed by atoms with Crippen molar-refractivity contribution < 1.29 is 9.94 Å². The molecule has 1 rings (SSSR count). The van der Waals surface area contributed by atoms with Crippen LogP contribution in [0.5, 0.6) is 5.75 Å². The van der Waals surface area contributed by atoms with Crippen LogP contribution in [-0.4, -0.2) is 18.4 Å². The molecule has 14 heavy (non-hydrogen) atoms. The summed E-state index contributed by atoms with van der Waals surface area (Å²) < 4.78 is 0. The van der Waals surface area contributed by atoms with E-state index in [0.717, 1.165) is 22.3 Å². The second kappa shape index (κ2) is 4.13. The molecule has 0 aliphatic carbocycles. The molecule has 0 saturated carbocycles. The second-order valence-corrected chi connectivity index (χ2v) is 3.31. The summed E-state index contributed by atoms with van der Waals surface area (Å²) in [5.41, 5.74) is 3.67. The zero-order valence-electron chi connectivity index (χ0n) is 8.96. The van der Waals surface area contributed by atoms with E-state index in [1.165, 1.54) is 13.3 Å². The monoisotopic (exact) mass is 193 g/mol. The molecular weight excluding hydrogens is 178 g/mol. The van der Waals surface area contributed by atoms with Gasteiger partial charge < -0.3 is 9.94 Å². The van der Waals surface area contributed by atoms with Gasteiger partial charge in [0, 0.05) is 5.56 Å². The molecule has 0 saturated heterocycles. The van der Waals surface area contributed by atoms with Crippen LogP contribution in [0.3, 0.4) is 0 Å². The Balaban J connectivity index is 3.29. The maximum absolute atomic E-state index is 9.84. The first-order valence-corrected chi connectivity index (χ1v) is 4.44. The summed E-state index contributed by atoms with van der Waals surface area (Å²) in [5, 5.41) is 13.5. The highest BCUT2D eigenvalue weighted by Gasteiger charge is 2.08. The Morgan fingerprint density at radius 1 is 1.29 bits per heavy atom. The molecule has 0 aromatic heterocycles. The third-order valence-electron chi connectivity index (χ3n) is 2.35. The lowest BCUT2D eigenvalue weighted by Crippen LogP contribution is -1.94. The maximum Gasteiger partial charge on any atom is 0.127 e. The molecule has 0 amide bonds. The highest BCUT2D eigenvalue weighted by molar-refractivity contribution is 5.86. The van der Waals surface area contributed by atoms with Gasteiger partial charge in [0.05, 0.1) is 6.21 Å². The molecule has 0 heterocycles. The molecule has 1 aromatic rings. The lowest BCUT2D eigenvalue weighted by atomic mass is 10.00. The van der Waals surface area contributed by atoms with Crippen LogP contribution < -0.4 is 0 Å². The van der Waals surface area contributed by atoms with Gasteiger partial charge in [0.25, 0.3) is 0 Å². The van der Waals surface area contributed by atoms with E-state index < -0.39 is 0 Å². The van der Waals surface area contributed by atoms with Crippen LogP contribution in [-0.2, 0) is 4.84 Å². The quantitative estimate of drug-likeness (QED) is 0.578. The van der Waals surface area contributed by atoms with Crippen molar-refractivity contribution in [3.8, 4) is 5.75 Å². The summed E-state index contributed by atoms with van der Waals surface area (Å²) in [6, 6.07) is 2.02. The SMILES string of the molecule is CON=Cc1c(C)cc(C)c(C)c1O. The van der Waals surface area contributed by atoms with Crippen molar-refractivity contribution >= 4 is 6.21 Å². The van der Waals surface area contributed by atoms with Crippen LogP contribution >= 0.6 is 0 Å². The fourth-order valence-corrected chi connectivity index (χ4v) is 1.35. The summed E-state index contributed by atoms with van der Waals surface area (Å²) in [4.78, 5) is 4.58. The molecule has 1 aromatic carbocycles. The number of benzene rings is 1. The first kappa shape index (κ1) is 10.6. The number of nitrogens with zero attached hydrogens (tertiary/aromatic N) is 1. The Morgan fingerprint density at radius 3 is 2.50 bits per heavy atom. The second-order valence-electron chi connectivity index (χ2n) is 3.31. The highest BCUT2D eigenvalue weighted by atomic mass is 16.6. The Bertz CT molecular complexity index is 370. The van der Waals surface area contributed by atoms with Crippen LogP contribution in [0.2, 0.25) is 0 Å². The van der Waals surface area contributed by atoms with E-state index in [1.807, 2.05) is 26.8 Å². The van der Waals surface area contributed by atoms with Gasteiger partial charge >= 0.3 is 0 Å². The van der Waals surface area contributed by atoms with E-state index in [-0.39, 0.29) is 5.75 Å². The lowest BCUT2D eigenvalue weighted by Gasteiger charge is -2.09. The van der Waals surface area contributed by atoms with Gasteiger partial charge in [-0.05, 0) is 37.5 Å². The fourth-order valence-electron chi connectivity index (χ4n) is 1.35. The van der Waals surface area contributed by atoms with Crippen LogP contribution in [0, 0.1) is 20.8 Å². The summed E-state index contributed by atoms with van der Waals surface area (Å²) in [5.74, 6) is 0.281. The van der Waals surface area contributed by atoms with E-state index in [9.17, 15) is 5.11 Å². The summed E-state index contributed by atoms with van der Waals surface area (Å²) in [7, 11) is 1.48. The summed E-state index contributed by atoms with van der Waals surface area (Å²) in [6.45, 7) is 5.79. The molecule has 76 valence electrons. The molecule has 0 spiro atoms. The van der Waals surface area contributed by atoms with E-state index >= 15 is 0 Å². The van der Waals surface area contributed by atoms with Crippen molar-refractivity contribution in [2.24, 2.45) is 5.16 Å². The van der Waals surface area contributed by atoms with E-state index in [4.69, 9.17) is 0 Å². The first-order valence-electron chi connectivity index (χ1n) is 4.44. The minimum atomic E-state index is 0.281. The minimum absolute atomic E-state index is 0.281. The zero-order chi connectivity index (χ0) is 10.7. The van der Waals surface area contributed by atoms with Crippen molar-refractivity contribution in [3.63, 3.8) is 0 Å². The Morgan fingerprint density at radius 2 is 1.93 bits per heavy atom. The Hall–Kier alpha value is -1.51. The number of hydrogen-bond acceptors (Lipinski definition) is 3. The molecule has 1 N–H and O–H groups in total. The maximum atomic E-state index is 9.84. The fraction of sp³-hybridized carbons (Fsp3) is 0.364. The number of phenols is 1. The average molecular weight is 193 g/mol. The van der Waals surface area contributed by atoms with Gasteiger partial charge in [-0.3, -0.25) is 0 Å². The molecule has 0 aliphatic heterocycles. The largest absolute Gasteiger partial charge is 0.507 e. The van der Waals surface area contributed by atoms with Crippen LogP contribution in [0.4, 0.5) is 0 Å². The molecule has 3 nitrogen and oxygen atoms in total. The van der Waals surface area contributed by atoms with Crippen molar-refractivity contribution in [2.75, 3.05) is 7.11 Å². The molecule has 0 fully saturated rings. The predicted octanol–water partition coefficient (Wildman–Crippen LogP) is 2.30. The molecular formula is C11H15NO2. The number of aryl methyl sites for hydroxylation is 2. The average Bonchev–Trinajstić information content (AvgIpc) is 2.14. The first-order chi connectivity index (χ1) is 6.57. The summed E-state index contributed by atoms with van der Waals surface area (Å²) in [6.07, 6.45) is 1.52. The Kier molecular flexibility index (Phi) is 3.12. The van der Waals surface area contributed by atoms with Gasteiger partial charge in [-0.15, -0.1) is 0 Å². The molecule has 0 unspecified atom stereocenters. The number of aromatic hydroxyl groups is 1. The number of rotatable bonds is 2. The molecule has 0 atom stereocenters.